The van der Waals surface area contributed by atoms with Gasteiger partial charge in [-0.15, -0.1) is 0 Å². The molecule has 1 aromatic heterocycles. The van der Waals surface area contributed by atoms with E-state index < -0.39 is 0 Å². The maximum absolute atomic E-state index is 5.20. The first-order chi connectivity index (χ1) is 9.26. The van der Waals surface area contributed by atoms with Crippen molar-refractivity contribution in [3.63, 3.8) is 0 Å². The maximum atomic E-state index is 5.20. The molecule has 1 aliphatic heterocycles. The molecule has 3 nitrogen and oxygen atoms in total. The minimum atomic E-state index is 0.554. The SMILES string of the molecule is CCCCN1CCCC[C@@H]1c1cnc(OC)cc1C. The zero-order valence-corrected chi connectivity index (χ0v) is 12.5. The fourth-order valence-corrected chi connectivity index (χ4v) is 2.97. The zero-order chi connectivity index (χ0) is 13.7. The third kappa shape index (κ3) is 3.47. The van der Waals surface area contributed by atoms with Crippen molar-refractivity contribution in [2.24, 2.45) is 0 Å². The smallest absolute Gasteiger partial charge is 0.213 e. The van der Waals surface area contributed by atoms with E-state index in [2.05, 4.69) is 29.8 Å². The van der Waals surface area contributed by atoms with Crippen LogP contribution in [0.1, 0.15) is 56.2 Å². The van der Waals surface area contributed by atoms with E-state index in [1.165, 1.54) is 56.3 Å². The van der Waals surface area contributed by atoms with Crippen LogP contribution in [0.15, 0.2) is 12.3 Å². The summed E-state index contributed by atoms with van der Waals surface area (Å²) in [6.07, 6.45) is 8.51. The van der Waals surface area contributed by atoms with Crippen molar-refractivity contribution in [1.82, 2.24) is 9.88 Å². The largest absolute Gasteiger partial charge is 0.481 e. The van der Waals surface area contributed by atoms with Gasteiger partial charge in [0.25, 0.3) is 0 Å². The van der Waals surface area contributed by atoms with Gasteiger partial charge in [-0.3, -0.25) is 4.90 Å². The van der Waals surface area contributed by atoms with Crippen molar-refractivity contribution >= 4 is 0 Å². The number of unbranched alkanes of at least 4 members (excludes halogenated alkanes) is 1. The van der Waals surface area contributed by atoms with Gasteiger partial charge in [-0.05, 0) is 50.4 Å². The van der Waals surface area contributed by atoms with Crippen molar-refractivity contribution in [2.75, 3.05) is 20.2 Å². The van der Waals surface area contributed by atoms with E-state index in [0.29, 0.717) is 6.04 Å². The summed E-state index contributed by atoms with van der Waals surface area (Å²) in [4.78, 5) is 7.04. The minimum absolute atomic E-state index is 0.554. The fraction of sp³-hybridized carbons (Fsp3) is 0.688. The molecule has 0 spiro atoms. The molecule has 1 fully saturated rings. The topological polar surface area (TPSA) is 25.4 Å². The molecule has 0 radical (unpaired) electrons. The van der Waals surface area contributed by atoms with E-state index in [1.54, 1.807) is 7.11 Å². The number of aromatic nitrogens is 1. The molecular formula is C16H26N2O. The van der Waals surface area contributed by atoms with Gasteiger partial charge in [0.1, 0.15) is 0 Å². The summed E-state index contributed by atoms with van der Waals surface area (Å²) in [5.41, 5.74) is 2.69. The van der Waals surface area contributed by atoms with Crippen LogP contribution in [0.2, 0.25) is 0 Å². The predicted molar refractivity (Wildman–Crippen MR) is 78.6 cm³/mol. The number of pyridine rings is 1. The van der Waals surface area contributed by atoms with Crippen LogP contribution in [0.5, 0.6) is 5.88 Å². The van der Waals surface area contributed by atoms with Crippen LogP contribution in [0.4, 0.5) is 0 Å². The molecule has 1 aliphatic rings. The summed E-state index contributed by atoms with van der Waals surface area (Å²) in [5, 5.41) is 0. The Morgan fingerprint density at radius 3 is 2.95 bits per heavy atom. The number of hydrogen-bond donors (Lipinski definition) is 0. The van der Waals surface area contributed by atoms with Gasteiger partial charge in [0.05, 0.1) is 7.11 Å². The number of piperidine rings is 1. The lowest BCUT2D eigenvalue weighted by Crippen LogP contribution is -2.34. The van der Waals surface area contributed by atoms with E-state index in [1.807, 2.05) is 6.20 Å². The van der Waals surface area contributed by atoms with Crippen LogP contribution in [-0.2, 0) is 0 Å². The molecule has 3 heteroatoms. The first-order valence-corrected chi connectivity index (χ1v) is 7.50. The number of ether oxygens (including phenoxy) is 1. The second kappa shape index (κ2) is 6.90. The Kier molecular flexibility index (Phi) is 5.20. The summed E-state index contributed by atoms with van der Waals surface area (Å²) in [5.74, 6) is 0.720. The van der Waals surface area contributed by atoms with Gasteiger partial charge < -0.3 is 4.74 Å². The molecule has 0 unspecified atom stereocenters. The maximum Gasteiger partial charge on any atom is 0.213 e. The third-order valence-corrected chi connectivity index (χ3v) is 4.11. The number of nitrogens with zero attached hydrogens (tertiary/aromatic N) is 2. The monoisotopic (exact) mass is 262 g/mol. The van der Waals surface area contributed by atoms with Gasteiger partial charge in [0.2, 0.25) is 5.88 Å². The standard InChI is InChI=1S/C16H26N2O/c1-4-5-9-18-10-7-6-8-15(18)14-12-17-16(19-3)11-13(14)2/h11-12,15H,4-10H2,1-3H3/t15-/m1/s1. The number of methoxy groups -OCH3 is 1. The Morgan fingerprint density at radius 2 is 2.26 bits per heavy atom. The Morgan fingerprint density at radius 1 is 1.42 bits per heavy atom. The summed E-state index contributed by atoms with van der Waals surface area (Å²) in [6, 6.07) is 2.61. The second-order valence-corrected chi connectivity index (χ2v) is 5.48. The normalized spacial score (nSPS) is 20.5. The van der Waals surface area contributed by atoms with Crippen LogP contribution in [0.3, 0.4) is 0 Å². The lowest BCUT2D eigenvalue weighted by Gasteiger charge is -2.36. The summed E-state index contributed by atoms with van der Waals surface area (Å²) in [7, 11) is 1.68. The van der Waals surface area contributed by atoms with E-state index in [4.69, 9.17) is 4.74 Å². The van der Waals surface area contributed by atoms with Crippen LogP contribution in [0, 0.1) is 6.92 Å². The minimum Gasteiger partial charge on any atom is -0.481 e. The van der Waals surface area contributed by atoms with E-state index in [9.17, 15) is 0 Å². The first-order valence-electron chi connectivity index (χ1n) is 7.50. The van der Waals surface area contributed by atoms with Crippen LogP contribution >= 0.6 is 0 Å². The van der Waals surface area contributed by atoms with Crippen molar-refractivity contribution in [2.45, 2.75) is 52.0 Å². The van der Waals surface area contributed by atoms with Crippen molar-refractivity contribution < 1.29 is 4.74 Å². The van der Waals surface area contributed by atoms with E-state index in [0.717, 1.165) is 5.88 Å². The van der Waals surface area contributed by atoms with Gasteiger partial charge in [-0.2, -0.15) is 0 Å². The van der Waals surface area contributed by atoms with Crippen molar-refractivity contribution in [1.29, 1.82) is 0 Å². The van der Waals surface area contributed by atoms with Gasteiger partial charge in [0.15, 0.2) is 0 Å². The molecule has 1 aromatic rings. The number of likely N-dealkylation sites (tertiary alicyclic amines) is 1. The Balaban J connectivity index is 2.17. The van der Waals surface area contributed by atoms with E-state index in [-0.39, 0.29) is 0 Å². The Hall–Kier alpha value is -1.09. The molecule has 0 bridgehead atoms. The lowest BCUT2D eigenvalue weighted by molar-refractivity contribution is 0.146. The van der Waals surface area contributed by atoms with Crippen molar-refractivity contribution in [3.8, 4) is 5.88 Å². The zero-order valence-electron chi connectivity index (χ0n) is 12.5. The first kappa shape index (κ1) is 14.3. The molecule has 1 atom stereocenters. The molecule has 0 N–H and O–H groups in total. The molecule has 0 aromatic carbocycles. The Labute approximate surface area is 117 Å². The average Bonchev–Trinajstić information content (AvgIpc) is 2.45. The van der Waals surface area contributed by atoms with E-state index >= 15 is 0 Å². The quantitative estimate of drug-likeness (QED) is 0.808. The molecule has 106 valence electrons. The predicted octanol–water partition coefficient (Wildman–Crippen LogP) is 3.73. The summed E-state index contributed by atoms with van der Waals surface area (Å²) >= 11 is 0. The molecule has 1 saturated heterocycles. The van der Waals surface area contributed by atoms with Gasteiger partial charge in [-0.1, -0.05) is 19.8 Å². The van der Waals surface area contributed by atoms with Gasteiger partial charge in [0, 0.05) is 18.3 Å². The summed E-state index contributed by atoms with van der Waals surface area (Å²) in [6.45, 7) is 6.88. The molecule has 19 heavy (non-hydrogen) atoms. The third-order valence-electron chi connectivity index (χ3n) is 4.11. The highest BCUT2D eigenvalue weighted by Gasteiger charge is 2.24. The summed E-state index contributed by atoms with van der Waals surface area (Å²) < 4.78 is 5.20. The van der Waals surface area contributed by atoms with Crippen LogP contribution < -0.4 is 4.74 Å². The van der Waals surface area contributed by atoms with Gasteiger partial charge in [-0.25, -0.2) is 4.98 Å². The van der Waals surface area contributed by atoms with Crippen LogP contribution in [-0.4, -0.2) is 30.1 Å². The highest BCUT2D eigenvalue weighted by Crippen LogP contribution is 2.33. The number of rotatable bonds is 5. The van der Waals surface area contributed by atoms with Crippen LogP contribution in [0.25, 0.3) is 0 Å². The molecular weight excluding hydrogens is 236 g/mol. The second-order valence-electron chi connectivity index (χ2n) is 5.48. The average molecular weight is 262 g/mol. The number of hydrogen-bond acceptors (Lipinski definition) is 3. The highest BCUT2D eigenvalue weighted by atomic mass is 16.5. The fourth-order valence-electron chi connectivity index (χ4n) is 2.97. The molecule has 2 heterocycles. The molecule has 0 aliphatic carbocycles. The Bertz CT molecular complexity index is 406. The van der Waals surface area contributed by atoms with Crippen molar-refractivity contribution in [3.05, 3.63) is 23.4 Å². The van der Waals surface area contributed by atoms with Gasteiger partial charge >= 0.3 is 0 Å². The molecule has 0 amide bonds. The highest BCUT2D eigenvalue weighted by molar-refractivity contribution is 5.31. The molecule has 2 rings (SSSR count). The molecule has 0 saturated carbocycles. The number of aryl methyl sites for hydroxylation is 1. The lowest BCUT2D eigenvalue weighted by atomic mass is 9.93.